The third-order valence-corrected chi connectivity index (χ3v) is 19.6. The van der Waals surface area contributed by atoms with Crippen molar-refractivity contribution in [1.29, 1.82) is 0 Å². The van der Waals surface area contributed by atoms with Gasteiger partial charge in [-0.2, -0.15) is 8.42 Å². The summed E-state index contributed by atoms with van der Waals surface area (Å²) in [6, 6.07) is 27.0. The van der Waals surface area contributed by atoms with Crippen LogP contribution in [0.4, 0.5) is 5.69 Å². The van der Waals surface area contributed by atoms with E-state index in [4.69, 9.17) is 23.1 Å². The van der Waals surface area contributed by atoms with E-state index in [-0.39, 0.29) is 24.2 Å². The lowest BCUT2D eigenvalue weighted by Gasteiger charge is -2.63. The Hall–Kier alpha value is -6.08. The summed E-state index contributed by atoms with van der Waals surface area (Å²) < 4.78 is 57.8. The molecule has 5 heterocycles. The Labute approximate surface area is 457 Å². The predicted octanol–water partition coefficient (Wildman–Crippen LogP) is 7.28. The number of benzene rings is 4. The van der Waals surface area contributed by atoms with E-state index in [0.717, 1.165) is 33.2 Å². The molecule has 1 aliphatic carbocycles. The van der Waals surface area contributed by atoms with Gasteiger partial charge in [0.25, 0.3) is 10.1 Å². The molecule has 0 unspecified atom stereocenters. The molecule has 78 heavy (non-hydrogen) atoms. The average molecular weight is 1090 g/mol. The van der Waals surface area contributed by atoms with E-state index < -0.39 is 86.2 Å². The molecule has 5 aliphatic rings. The summed E-state index contributed by atoms with van der Waals surface area (Å²) in [7, 11) is 1.69. The summed E-state index contributed by atoms with van der Waals surface area (Å²) in [6.07, 6.45) is 5.01. The molecule has 1 saturated carbocycles. The molecule has 416 valence electrons. The number of carbonyl (C=O) groups excluding carboxylic acids is 3. The predicted molar refractivity (Wildman–Crippen MR) is 295 cm³/mol. The number of nitrogens with zero attached hydrogens (tertiary/aromatic N) is 3. The molecule has 1 spiro atoms. The molecule has 3 N–H and O–H groups in total. The maximum atomic E-state index is 16.1. The Kier molecular flexibility index (Phi) is 14.8. The number of hydrogen-bond acceptors (Lipinski definition) is 15. The smallest absolute Gasteiger partial charge is 0.344 e. The number of nitrogens with one attached hydrogen (secondary N) is 1. The number of anilines is 1. The molecule has 0 bridgehead atoms. The second-order valence-corrected chi connectivity index (χ2v) is 24.2. The van der Waals surface area contributed by atoms with Crippen LogP contribution in [0.5, 0.6) is 5.75 Å². The molecule has 9 atom stereocenters. The summed E-state index contributed by atoms with van der Waals surface area (Å²) in [6.45, 7) is 9.16. The number of esters is 3. The van der Waals surface area contributed by atoms with Crippen molar-refractivity contribution in [3.8, 4) is 5.75 Å². The quantitative estimate of drug-likeness (QED) is 0.0409. The van der Waals surface area contributed by atoms with Crippen molar-refractivity contribution >= 4 is 44.6 Å². The van der Waals surface area contributed by atoms with Crippen molar-refractivity contribution in [3.05, 3.63) is 137 Å². The number of rotatable bonds is 15. The van der Waals surface area contributed by atoms with E-state index in [2.05, 4.69) is 33.0 Å². The van der Waals surface area contributed by atoms with Gasteiger partial charge < -0.3 is 39.0 Å². The lowest BCUT2D eigenvalue weighted by Crippen LogP contribution is -2.81. The fraction of sp³-hybridized carbons (Fsp3) is 0.492. The zero-order chi connectivity index (χ0) is 55.6. The Balaban J connectivity index is 1.22. The van der Waals surface area contributed by atoms with E-state index in [9.17, 15) is 28.2 Å². The maximum absolute atomic E-state index is 16.1. The van der Waals surface area contributed by atoms with Crippen LogP contribution in [0.15, 0.2) is 108 Å². The highest BCUT2D eigenvalue weighted by Crippen LogP contribution is 2.68. The number of hydrogen-bond donors (Lipinski definition) is 3. The third kappa shape index (κ3) is 8.74. The van der Waals surface area contributed by atoms with Crippen molar-refractivity contribution in [2.24, 2.45) is 11.3 Å². The molecule has 17 heteroatoms. The molecule has 0 radical (unpaired) electrons. The van der Waals surface area contributed by atoms with Crippen molar-refractivity contribution in [3.63, 3.8) is 0 Å². The molecule has 4 aliphatic heterocycles. The largest absolute Gasteiger partial charge is 0.496 e. The van der Waals surface area contributed by atoms with Crippen LogP contribution >= 0.6 is 0 Å². The first-order valence-corrected chi connectivity index (χ1v) is 28.7. The van der Waals surface area contributed by atoms with E-state index >= 15 is 4.79 Å². The number of aryl methyl sites for hydroxylation is 2. The van der Waals surface area contributed by atoms with Gasteiger partial charge in [0, 0.05) is 84.4 Å². The normalized spacial score (nSPS) is 28.7. The SMILES string of the molecule is CC[C@@](O)(COS(=O)(=O)c1ccc(C)cc1)C[C@@H]1CN(Cc2ccccc2)CCCc2c([nH]c3ccccc23)[C@@](C(=O)OC)(c2cc3c(cc2OC)N(C)[C@H]2[C@@](O)(C(=O)OC)[C@H](OC(C)=O)[C@]4(CC)C=CCN5CC[C@]32[C@@H]54)C1. The zero-order valence-electron chi connectivity index (χ0n) is 46.0. The molecule has 2 fully saturated rings. The number of aromatic amines is 1. The highest BCUT2D eigenvalue weighted by Gasteiger charge is 2.80. The zero-order valence-corrected chi connectivity index (χ0v) is 46.9. The van der Waals surface area contributed by atoms with Gasteiger partial charge in [-0.05, 0) is 112 Å². The standard InChI is InChI=1S/C61H74N4O12S/c1-9-57(69,38-76-78(71,72)43-25-23-39(3)24-26-43)34-42-35-60(55(67)74-7,51-45(44-20-14-15-22-48(44)62-51)21-16-29-64(37-42)36-41-18-12-11-13-19-41)47-32-46-49(33-50(47)73-6)63(5)53-59(46)28-31-65-30-17-27-58(10-2,52(59)65)54(77-40(4)66)61(53,70)56(68)75-8/h11-15,17-20,22-27,32-33,42,52-54,62,69-70H,9-10,16,21,28-31,34-38H2,1-8H3/t42-,52-,53+,54+,57-,58+,59+,60-,61-/m0/s1. The minimum atomic E-state index is -4.30. The van der Waals surface area contributed by atoms with Crippen LogP contribution in [0.1, 0.15) is 92.8 Å². The van der Waals surface area contributed by atoms with Crippen LogP contribution in [0, 0.1) is 18.3 Å². The highest BCUT2D eigenvalue weighted by molar-refractivity contribution is 7.86. The second kappa shape index (κ2) is 20.9. The van der Waals surface area contributed by atoms with Crippen LogP contribution in [-0.2, 0) is 66.7 Å². The molecule has 4 aromatic carbocycles. The first kappa shape index (κ1) is 55.2. The Morgan fingerprint density at radius 1 is 0.897 bits per heavy atom. The van der Waals surface area contributed by atoms with Gasteiger partial charge in [-0.3, -0.25) is 23.6 Å². The van der Waals surface area contributed by atoms with Crippen molar-refractivity contribution in [1.82, 2.24) is 14.8 Å². The van der Waals surface area contributed by atoms with Crippen molar-refractivity contribution < 1.29 is 56.1 Å². The summed E-state index contributed by atoms with van der Waals surface area (Å²) in [5, 5.41) is 27.4. The molecular formula is C61H74N4O12S. The third-order valence-electron chi connectivity index (χ3n) is 18.3. The number of carbonyl (C=O) groups is 3. The van der Waals surface area contributed by atoms with Crippen molar-refractivity contribution in [2.45, 2.75) is 124 Å². The van der Waals surface area contributed by atoms with Gasteiger partial charge in [0.2, 0.25) is 5.60 Å². The molecule has 16 nitrogen and oxygen atoms in total. The minimum absolute atomic E-state index is 0.0145. The number of aromatic nitrogens is 1. The topological polar surface area (TPSA) is 197 Å². The molecular weight excluding hydrogens is 1010 g/mol. The van der Waals surface area contributed by atoms with Gasteiger partial charge in [-0.25, -0.2) is 4.79 Å². The second-order valence-electron chi connectivity index (χ2n) is 22.6. The monoisotopic (exact) mass is 1090 g/mol. The fourth-order valence-electron chi connectivity index (χ4n) is 15.1. The average Bonchev–Trinajstić information content (AvgIpc) is 3.74. The van der Waals surface area contributed by atoms with Crippen LogP contribution in [0.25, 0.3) is 10.9 Å². The van der Waals surface area contributed by atoms with E-state index in [1.165, 1.54) is 33.3 Å². The summed E-state index contributed by atoms with van der Waals surface area (Å²) >= 11 is 0. The summed E-state index contributed by atoms with van der Waals surface area (Å²) in [5.41, 5.74) is -1.77. The summed E-state index contributed by atoms with van der Waals surface area (Å²) in [4.78, 5) is 54.4. The van der Waals surface area contributed by atoms with E-state index in [1.54, 1.807) is 26.2 Å². The molecule has 0 amide bonds. The minimum Gasteiger partial charge on any atom is -0.496 e. The Morgan fingerprint density at radius 3 is 2.29 bits per heavy atom. The highest BCUT2D eigenvalue weighted by atomic mass is 32.2. The van der Waals surface area contributed by atoms with Gasteiger partial charge in [0.05, 0.1) is 44.5 Å². The number of methoxy groups -OCH3 is 3. The lowest BCUT2D eigenvalue weighted by atomic mass is 9.47. The maximum Gasteiger partial charge on any atom is 0.344 e. The van der Waals surface area contributed by atoms with Gasteiger partial charge in [-0.15, -0.1) is 0 Å². The van der Waals surface area contributed by atoms with E-state index in [0.29, 0.717) is 81.1 Å². The molecule has 1 aromatic heterocycles. The first-order valence-electron chi connectivity index (χ1n) is 27.3. The first-order chi connectivity index (χ1) is 37.3. The van der Waals surface area contributed by atoms with Gasteiger partial charge >= 0.3 is 17.9 Å². The Morgan fingerprint density at radius 2 is 1.62 bits per heavy atom. The Bertz CT molecular complexity index is 3240. The number of fused-ring (bicyclic) bond motifs is 4. The van der Waals surface area contributed by atoms with E-state index in [1.807, 2.05) is 86.5 Å². The number of para-hydroxylation sites is 1. The van der Waals surface area contributed by atoms with Crippen LogP contribution in [0.3, 0.4) is 0 Å². The van der Waals surface area contributed by atoms with Gasteiger partial charge in [0.1, 0.15) is 11.2 Å². The fourth-order valence-corrected chi connectivity index (χ4v) is 16.1. The van der Waals surface area contributed by atoms with Gasteiger partial charge in [-0.1, -0.05) is 92.2 Å². The summed E-state index contributed by atoms with van der Waals surface area (Å²) in [5.74, 6) is -2.40. The van der Waals surface area contributed by atoms with Crippen LogP contribution in [-0.4, -0.2) is 142 Å². The van der Waals surface area contributed by atoms with Crippen LogP contribution in [0.2, 0.25) is 0 Å². The molecule has 1 saturated heterocycles. The van der Waals surface area contributed by atoms with Crippen molar-refractivity contribution in [2.75, 3.05) is 66.1 Å². The number of likely N-dealkylation sites (N-methyl/N-ethyl adjacent to an activating group) is 1. The van der Waals surface area contributed by atoms with Gasteiger partial charge in [0.15, 0.2) is 6.10 Å². The molecule has 10 rings (SSSR count). The number of aliphatic hydroxyl groups is 2. The number of ether oxygens (including phenoxy) is 4. The number of H-pyrrole nitrogens is 1. The lowest BCUT2D eigenvalue weighted by molar-refractivity contribution is -0.228. The van der Waals surface area contributed by atoms with Crippen LogP contribution < -0.4 is 9.64 Å². The molecule has 5 aromatic rings.